The van der Waals surface area contributed by atoms with Crippen molar-refractivity contribution in [1.29, 1.82) is 0 Å². The number of para-hydroxylation sites is 1. The lowest BCUT2D eigenvalue weighted by Crippen LogP contribution is -2.40. The van der Waals surface area contributed by atoms with Gasteiger partial charge in [0.15, 0.2) is 0 Å². The molecule has 1 unspecified atom stereocenters. The number of carbonyl (C=O) groups excluding carboxylic acids is 1. The summed E-state index contributed by atoms with van der Waals surface area (Å²) in [4.78, 5) is 11.3. The zero-order chi connectivity index (χ0) is 14.6. The van der Waals surface area contributed by atoms with Gasteiger partial charge in [-0.05, 0) is 6.07 Å². The van der Waals surface area contributed by atoms with Gasteiger partial charge in [0.25, 0.3) is 0 Å². The Kier molecular flexibility index (Phi) is 4.49. The Hall–Kier alpha value is -1.76. The molecule has 0 saturated heterocycles. The van der Waals surface area contributed by atoms with Crippen LogP contribution < -0.4 is 15.4 Å². The Labute approximate surface area is 114 Å². The summed E-state index contributed by atoms with van der Waals surface area (Å²) in [7, 11) is 0. The smallest absolute Gasteiger partial charge is 0.405 e. The van der Waals surface area contributed by atoms with Crippen LogP contribution in [0.25, 0.3) is 0 Å². The van der Waals surface area contributed by atoms with Gasteiger partial charge in [0.05, 0.1) is 13.2 Å². The van der Waals surface area contributed by atoms with Crippen molar-refractivity contribution in [3.05, 3.63) is 29.8 Å². The van der Waals surface area contributed by atoms with Crippen molar-refractivity contribution in [2.45, 2.75) is 18.6 Å². The first-order chi connectivity index (χ1) is 9.46. The predicted octanol–water partition coefficient (Wildman–Crippen LogP) is 1.78. The van der Waals surface area contributed by atoms with E-state index in [2.05, 4.69) is 5.32 Å². The number of hydrogen-bond acceptors (Lipinski definition) is 3. The number of fused-ring (bicyclic) bond motifs is 1. The van der Waals surface area contributed by atoms with Crippen LogP contribution in [0.3, 0.4) is 0 Å². The normalized spacial score (nSPS) is 18.1. The van der Waals surface area contributed by atoms with Crippen LogP contribution in [0, 0.1) is 0 Å². The average Bonchev–Trinajstić information content (AvgIpc) is 2.42. The summed E-state index contributed by atoms with van der Waals surface area (Å²) in [5.41, 5.74) is 0.919. The maximum Gasteiger partial charge on any atom is 0.405 e. The molecule has 110 valence electrons. The van der Waals surface area contributed by atoms with Gasteiger partial charge in [-0.3, -0.25) is 4.79 Å². The van der Waals surface area contributed by atoms with Crippen LogP contribution in [-0.4, -0.2) is 31.8 Å². The highest BCUT2D eigenvalue weighted by Crippen LogP contribution is 2.31. The second kappa shape index (κ2) is 6.13. The van der Waals surface area contributed by atoms with E-state index < -0.39 is 18.6 Å². The van der Waals surface area contributed by atoms with E-state index in [9.17, 15) is 18.0 Å². The summed E-state index contributed by atoms with van der Waals surface area (Å²) in [6.45, 7) is -0.953. The molecule has 1 aromatic rings. The van der Waals surface area contributed by atoms with E-state index >= 15 is 0 Å². The minimum atomic E-state index is -4.39. The summed E-state index contributed by atoms with van der Waals surface area (Å²) in [6.07, 6.45) is -3.72. The summed E-state index contributed by atoms with van der Waals surface area (Å²) >= 11 is 0. The molecule has 0 aliphatic carbocycles. The SMILES string of the molecule is O=C(CNC1CCOc2ccccc21)NCC(F)(F)F. The van der Waals surface area contributed by atoms with Crippen molar-refractivity contribution < 1.29 is 22.7 Å². The Balaban J connectivity index is 1.85. The van der Waals surface area contributed by atoms with Crippen molar-refractivity contribution in [2.75, 3.05) is 19.7 Å². The third-order valence-electron chi connectivity index (χ3n) is 2.95. The zero-order valence-corrected chi connectivity index (χ0v) is 10.7. The maximum atomic E-state index is 12.0. The number of amides is 1. The van der Waals surface area contributed by atoms with Gasteiger partial charge in [-0.2, -0.15) is 13.2 Å². The molecule has 0 saturated carbocycles. The first-order valence-corrected chi connectivity index (χ1v) is 6.24. The van der Waals surface area contributed by atoms with Gasteiger partial charge in [-0.1, -0.05) is 18.2 Å². The summed E-state index contributed by atoms with van der Waals surface area (Å²) < 4.78 is 41.3. The van der Waals surface area contributed by atoms with Crippen LogP contribution in [-0.2, 0) is 4.79 Å². The summed E-state index contributed by atoms with van der Waals surface area (Å²) in [5, 5.41) is 4.78. The number of nitrogens with one attached hydrogen (secondary N) is 2. The molecule has 7 heteroatoms. The standard InChI is InChI=1S/C13H15F3N2O2/c14-13(15,16)8-18-12(19)7-17-10-5-6-20-11-4-2-1-3-9(10)11/h1-4,10,17H,5-8H2,(H,18,19). The molecule has 2 rings (SSSR count). The van der Waals surface area contributed by atoms with Crippen LogP contribution in [0.15, 0.2) is 24.3 Å². The highest BCUT2D eigenvalue weighted by molar-refractivity contribution is 5.78. The molecule has 1 aromatic carbocycles. The molecule has 20 heavy (non-hydrogen) atoms. The maximum absolute atomic E-state index is 12.0. The highest BCUT2D eigenvalue weighted by atomic mass is 19.4. The number of carbonyl (C=O) groups is 1. The van der Waals surface area contributed by atoms with E-state index in [1.165, 1.54) is 0 Å². The van der Waals surface area contributed by atoms with E-state index in [0.717, 1.165) is 11.3 Å². The molecule has 1 aliphatic heterocycles. The van der Waals surface area contributed by atoms with E-state index in [1.807, 2.05) is 29.6 Å². The zero-order valence-electron chi connectivity index (χ0n) is 10.7. The fourth-order valence-corrected chi connectivity index (χ4v) is 2.03. The fourth-order valence-electron chi connectivity index (χ4n) is 2.03. The van der Waals surface area contributed by atoms with Gasteiger partial charge < -0.3 is 15.4 Å². The first kappa shape index (κ1) is 14.6. The van der Waals surface area contributed by atoms with Gasteiger partial charge in [0.2, 0.25) is 5.91 Å². The molecule has 1 aliphatic rings. The molecular formula is C13H15F3N2O2. The van der Waals surface area contributed by atoms with Gasteiger partial charge in [-0.15, -0.1) is 0 Å². The molecule has 0 fully saturated rings. The lowest BCUT2D eigenvalue weighted by Gasteiger charge is -2.26. The number of rotatable bonds is 4. The molecule has 1 atom stereocenters. The van der Waals surface area contributed by atoms with E-state index in [0.29, 0.717) is 13.0 Å². The van der Waals surface area contributed by atoms with E-state index in [-0.39, 0.29) is 12.6 Å². The third kappa shape index (κ3) is 4.12. The number of hydrogen-bond donors (Lipinski definition) is 2. The quantitative estimate of drug-likeness (QED) is 0.888. The van der Waals surface area contributed by atoms with Crippen LogP contribution >= 0.6 is 0 Å². The molecule has 4 nitrogen and oxygen atoms in total. The molecule has 0 radical (unpaired) electrons. The van der Waals surface area contributed by atoms with Crippen molar-refractivity contribution >= 4 is 5.91 Å². The Morgan fingerprint density at radius 1 is 1.35 bits per heavy atom. The monoisotopic (exact) mass is 288 g/mol. The van der Waals surface area contributed by atoms with E-state index in [1.54, 1.807) is 0 Å². The molecule has 1 heterocycles. The van der Waals surface area contributed by atoms with Crippen molar-refractivity contribution in [1.82, 2.24) is 10.6 Å². The number of halogens is 3. The Morgan fingerprint density at radius 3 is 2.85 bits per heavy atom. The summed E-state index contributed by atoms with van der Waals surface area (Å²) in [6, 6.07) is 7.31. The molecule has 0 bridgehead atoms. The fraction of sp³-hybridized carbons (Fsp3) is 0.462. The minimum absolute atomic E-state index is 0.0865. The van der Waals surface area contributed by atoms with Crippen LogP contribution in [0.2, 0.25) is 0 Å². The van der Waals surface area contributed by atoms with Crippen LogP contribution in [0.1, 0.15) is 18.0 Å². The van der Waals surface area contributed by atoms with E-state index in [4.69, 9.17) is 4.74 Å². The average molecular weight is 288 g/mol. The van der Waals surface area contributed by atoms with Crippen LogP contribution in [0.5, 0.6) is 5.75 Å². The summed E-state index contributed by atoms with van der Waals surface area (Å²) in [5.74, 6) is 0.0678. The number of ether oxygens (including phenoxy) is 1. The lowest BCUT2D eigenvalue weighted by molar-refractivity contribution is -0.138. The molecule has 2 N–H and O–H groups in total. The Bertz CT molecular complexity index is 477. The van der Waals surface area contributed by atoms with Gasteiger partial charge in [0.1, 0.15) is 12.3 Å². The molecular weight excluding hydrogens is 273 g/mol. The molecule has 1 amide bonds. The number of alkyl halides is 3. The number of benzene rings is 1. The topological polar surface area (TPSA) is 50.4 Å². The van der Waals surface area contributed by atoms with Crippen molar-refractivity contribution in [3.8, 4) is 5.75 Å². The van der Waals surface area contributed by atoms with Gasteiger partial charge in [0, 0.05) is 18.0 Å². The predicted molar refractivity (Wildman–Crippen MR) is 66.4 cm³/mol. The molecule has 0 spiro atoms. The molecule has 0 aromatic heterocycles. The lowest BCUT2D eigenvalue weighted by atomic mass is 10.0. The second-order valence-corrected chi connectivity index (χ2v) is 4.50. The Morgan fingerprint density at radius 2 is 2.10 bits per heavy atom. The first-order valence-electron chi connectivity index (χ1n) is 6.24. The van der Waals surface area contributed by atoms with Crippen molar-refractivity contribution in [3.63, 3.8) is 0 Å². The van der Waals surface area contributed by atoms with Crippen LogP contribution in [0.4, 0.5) is 13.2 Å². The largest absolute Gasteiger partial charge is 0.493 e. The van der Waals surface area contributed by atoms with Gasteiger partial charge in [-0.25, -0.2) is 0 Å². The van der Waals surface area contributed by atoms with Crippen molar-refractivity contribution in [2.24, 2.45) is 0 Å². The van der Waals surface area contributed by atoms with Gasteiger partial charge >= 0.3 is 6.18 Å². The third-order valence-corrected chi connectivity index (χ3v) is 2.95. The highest BCUT2D eigenvalue weighted by Gasteiger charge is 2.28. The second-order valence-electron chi connectivity index (χ2n) is 4.50. The minimum Gasteiger partial charge on any atom is -0.493 e.